The lowest BCUT2D eigenvalue weighted by Crippen LogP contribution is -2.43. The van der Waals surface area contributed by atoms with Crippen LogP contribution < -0.4 is 5.32 Å². The van der Waals surface area contributed by atoms with Gasteiger partial charge in [-0.15, -0.1) is 0 Å². The third-order valence-corrected chi connectivity index (χ3v) is 6.06. The lowest BCUT2D eigenvalue weighted by molar-refractivity contribution is -0.141. The molecule has 3 rings (SSSR count). The minimum Gasteiger partial charge on any atom is -0.354 e. The molecule has 2 amide bonds. The van der Waals surface area contributed by atoms with Gasteiger partial charge in [-0.3, -0.25) is 9.59 Å². The van der Waals surface area contributed by atoms with Crippen molar-refractivity contribution in [2.45, 2.75) is 51.6 Å². The Morgan fingerprint density at radius 2 is 1.50 bits per heavy atom. The molecule has 0 heterocycles. The summed E-state index contributed by atoms with van der Waals surface area (Å²) in [7, 11) is 0. The molecule has 0 radical (unpaired) electrons. The number of hydrogen-bond acceptors (Lipinski definition) is 2. The van der Waals surface area contributed by atoms with Crippen LogP contribution in [-0.4, -0.2) is 23.3 Å². The maximum Gasteiger partial charge on any atom is 0.247 e. The second kappa shape index (κ2) is 13.6. The Bertz CT molecular complexity index is 1020. The van der Waals surface area contributed by atoms with Gasteiger partial charge in [-0.25, -0.2) is 0 Å². The first-order chi connectivity index (χ1) is 16.6. The lowest BCUT2D eigenvalue weighted by Gasteiger charge is -2.32. The molecule has 0 unspecified atom stereocenters. The van der Waals surface area contributed by atoms with Gasteiger partial charge in [0.1, 0.15) is 6.04 Å². The highest BCUT2D eigenvalue weighted by molar-refractivity contribution is 6.30. The summed E-state index contributed by atoms with van der Waals surface area (Å²) in [5, 5.41) is 3.70. The summed E-state index contributed by atoms with van der Waals surface area (Å²) in [6.45, 7) is 3.06. The fourth-order valence-electron chi connectivity index (χ4n) is 3.94. The summed E-state index contributed by atoms with van der Waals surface area (Å²) in [6, 6.07) is 26.2. The minimum atomic E-state index is -0.707. The molecule has 3 aromatic carbocycles. The van der Waals surface area contributed by atoms with Crippen LogP contribution >= 0.6 is 11.6 Å². The van der Waals surface area contributed by atoms with E-state index in [0.29, 0.717) is 31.0 Å². The number of carbonyl (C=O) groups is 2. The molecule has 0 saturated heterocycles. The van der Waals surface area contributed by atoms with E-state index in [2.05, 4.69) is 12.2 Å². The minimum absolute atomic E-state index is 0.0589. The van der Waals surface area contributed by atoms with Crippen LogP contribution in [0.3, 0.4) is 0 Å². The van der Waals surface area contributed by atoms with E-state index in [4.69, 9.17) is 11.6 Å². The van der Waals surface area contributed by atoms with Crippen molar-refractivity contribution in [1.82, 2.24) is 10.2 Å². The molecule has 178 valence electrons. The normalized spacial score (nSPS) is 11.6. The van der Waals surface area contributed by atoms with Crippen molar-refractivity contribution in [3.63, 3.8) is 0 Å². The molecule has 0 fully saturated rings. The Hall–Kier alpha value is -3.11. The second-order valence-corrected chi connectivity index (χ2v) is 8.88. The average Bonchev–Trinajstić information content (AvgIpc) is 2.87. The van der Waals surface area contributed by atoms with Crippen LogP contribution in [0.1, 0.15) is 55.3 Å². The van der Waals surface area contributed by atoms with Crippen LogP contribution in [0.4, 0.5) is 0 Å². The molecule has 0 spiro atoms. The standard InChI is InChI=1S/C29H33ClN2O2/c1-2-3-10-21-31-29(34)28(25-13-8-5-9-14-25)32(22-24-15-18-26(30)19-16-24)27(33)20-17-23-11-6-4-7-12-23/h4-9,11-16,18-19,28H,2-3,10,17,20-22H2,1H3,(H,31,34)/t28-/m0/s1. The average molecular weight is 477 g/mol. The Labute approximate surface area is 207 Å². The molecule has 0 aliphatic heterocycles. The number of unbranched alkanes of at least 4 members (excludes halogenated alkanes) is 2. The van der Waals surface area contributed by atoms with Crippen LogP contribution in [0.2, 0.25) is 5.02 Å². The quantitative estimate of drug-likeness (QED) is 0.310. The fraction of sp³-hybridized carbons (Fsp3) is 0.310. The van der Waals surface area contributed by atoms with Crippen LogP contribution in [0.5, 0.6) is 0 Å². The van der Waals surface area contributed by atoms with Crippen molar-refractivity contribution in [2.75, 3.05) is 6.54 Å². The maximum atomic E-state index is 13.6. The van der Waals surface area contributed by atoms with Gasteiger partial charge in [-0.1, -0.05) is 104 Å². The van der Waals surface area contributed by atoms with Crippen LogP contribution in [0.25, 0.3) is 0 Å². The van der Waals surface area contributed by atoms with Crippen LogP contribution in [0, 0.1) is 0 Å². The van der Waals surface area contributed by atoms with E-state index in [-0.39, 0.29) is 11.8 Å². The van der Waals surface area contributed by atoms with Crippen molar-refractivity contribution in [3.05, 3.63) is 107 Å². The van der Waals surface area contributed by atoms with Crippen molar-refractivity contribution in [1.29, 1.82) is 0 Å². The number of rotatable bonds is 12. The Morgan fingerprint density at radius 3 is 2.15 bits per heavy atom. The fourth-order valence-corrected chi connectivity index (χ4v) is 4.07. The highest BCUT2D eigenvalue weighted by Crippen LogP contribution is 2.25. The molecule has 0 saturated carbocycles. The molecule has 0 aromatic heterocycles. The Kier molecular flexibility index (Phi) is 10.2. The first kappa shape index (κ1) is 25.5. The van der Waals surface area contributed by atoms with E-state index >= 15 is 0 Å². The lowest BCUT2D eigenvalue weighted by atomic mass is 10.0. The first-order valence-electron chi connectivity index (χ1n) is 12.0. The highest BCUT2D eigenvalue weighted by atomic mass is 35.5. The Balaban J connectivity index is 1.88. The van der Waals surface area contributed by atoms with Crippen molar-refractivity contribution < 1.29 is 9.59 Å². The van der Waals surface area contributed by atoms with E-state index in [1.54, 1.807) is 4.90 Å². The van der Waals surface area contributed by atoms with Crippen LogP contribution in [0.15, 0.2) is 84.9 Å². The van der Waals surface area contributed by atoms with E-state index in [0.717, 1.165) is 36.0 Å². The monoisotopic (exact) mass is 476 g/mol. The third-order valence-electron chi connectivity index (χ3n) is 5.81. The number of nitrogens with one attached hydrogen (secondary N) is 1. The summed E-state index contributed by atoms with van der Waals surface area (Å²) in [6.07, 6.45) is 4.00. The number of amides is 2. The van der Waals surface area contributed by atoms with Gasteiger partial charge in [0.05, 0.1) is 0 Å². The zero-order chi connectivity index (χ0) is 24.2. The smallest absolute Gasteiger partial charge is 0.247 e. The van der Waals surface area contributed by atoms with Gasteiger partial charge >= 0.3 is 0 Å². The third kappa shape index (κ3) is 7.74. The largest absolute Gasteiger partial charge is 0.354 e. The van der Waals surface area contributed by atoms with Crippen molar-refractivity contribution >= 4 is 23.4 Å². The first-order valence-corrected chi connectivity index (χ1v) is 12.4. The van der Waals surface area contributed by atoms with Crippen molar-refractivity contribution in [2.24, 2.45) is 0 Å². The van der Waals surface area contributed by atoms with Gasteiger partial charge in [-0.05, 0) is 41.7 Å². The Morgan fingerprint density at radius 1 is 0.853 bits per heavy atom. The summed E-state index contributed by atoms with van der Waals surface area (Å²) < 4.78 is 0. The van der Waals surface area contributed by atoms with Crippen molar-refractivity contribution in [3.8, 4) is 0 Å². The molecule has 5 heteroatoms. The van der Waals surface area contributed by atoms with E-state index in [1.807, 2.05) is 84.9 Å². The van der Waals surface area contributed by atoms with Gasteiger partial charge in [0.15, 0.2) is 0 Å². The molecule has 3 aromatic rings. The second-order valence-electron chi connectivity index (χ2n) is 8.45. The molecule has 0 aliphatic rings. The number of halogens is 1. The van der Waals surface area contributed by atoms with Gasteiger partial charge < -0.3 is 10.2 Å². The number of carbonyl (C=O) groups excluding carboxylic acids is 2. The topological polar surface area (TPSA) is 49.4 Å². The molecule has 0 aliphatic carbocycles. The number of benzene rings is 3. The van der Waals surface area contributed by atoms with E-state index in [9.17, 15) is 9.59 Å². The summed E-state index contributed by atoms with van der Waals surface area (Å²) in [4.78, 5) is 28.8. The summed E-state index contributed by atoms with van der Waals surface area (Å²) >= 11 is 6.08. The predicted molar refractivity (Wildman–Crippen MR) is 138 cm³/mol. The summed E-state index contributed by atoms with van der Waals surface area (Å²) in [5.41, 5.74) is 2.83. The molecule has 1 atom stereocenters. The SMILES string of the molecule is CCCCCNC(=O)[C@H](c1ccccc1)N(Cc1ccc(Cl)cc1)C(=O)CCc1ccccc1. The van der Waals surface area contributed by atoms with Gasteiger partial charge in [0.2, 0.25) is 11.8 Å². The maximum absolute atomic E-state index is 13.6. The zero-order valence-electron chi connectivity index (χ0n) is 19.8. The van der Waals surface area contributed by atoms with Gasteiger partial charge in [-0.2, -0.15) is 0 Å². The molecule has 34 heavy (non-hydrogen) atoms. The molecule has 4 nitrogen and oxygen atoms in total. The van der Waals surface area contributed by atoms with Gasteiger partial charge in [0, 0.05) is 24.5 Å². The van der Waals surface area contributed by atoms with Crippen LogP contribution in [-0.2, 0) is 22.6 Å². The van der Waals surface area contributed by atoms with E-state index < -0.39 is 6.04 Å². The highest BCUT2D eigenvalue weighted by Gasteiger charge is 2.31. The number of nitrogens with zero attached hydrogens (tertiary/aromatic N) is 1. The number of aryl methyl sites for hydroxylation is 1. The predicted octanol–water partition coefficient (Wildman–Crippen LogP) is 6.35. The summed E-state index contributed by atoms with van der Waals surface area (Å²) in [5.74, 6) is -0.208. The molecular weight excluding hydrogens is 444 g/mol. The van der Waals surface area contributed by atoms with E-state index in [1.165, 1.54) is 0 Å². The zero-order valence-corrected chi connectivity index (χ0v) is 20.5. The molecular formula is C29H33ClN2O2. The molecule has 1 N–H and O–H groups in total. The van der Waals surface area contributed by atoms with Gasteiger partial charge in [0.25, 0.3) is 0 Å². The molecule has 0 bridgehead atoms. The number of hydrogen-bond donors (Lipinski definition) is 1.